The van der Waals surface area contributed by atoms with Gasteiger partial charge in [-0.05, 0) is 47.6 Å². The van der Waals surface area contributed by atoms with Crippen LogP contribution in [0.3, 0.4) is 0 Å². The molecule has 206 valence electrons. The van der Waals surface area contributed by atoms with Gasteiger partial charge >= 0.3 is 0 Å². The van der Waals surface area contributed by atoms with Crippen molar-refractivity contribution in [2.45, 2.75) is 194 Å². The average molecular weight is 505 g/mol. The van der Waals surface area contributed by atoms with E-state index in [0.29, 0.717) is 0 Å². The normalized spacial score (nSPS) is 11.5. The molecule has 0 amide bonds. The van der Waals surface area contributed by atoms with Gasteiger partial charge in [0.15, 0.2) is 0 Å². The van der Waals surface area contributed by atoms with Gasteiger partial charge in [-0.15, -0.1) is 0 Å². The summed E-state index contributed by atoms with van der Waals surface area (Å²) in [7, 11) is 0. The van der Waals surface area contributed by atoms with E-state index in [1.807, 2.05) is 11.3 Å². The first-order chi connectivity index (χ1) is 17.4. The summed E-state index contributed by atoms with van der Waals surface area (Å²) in [5.41, 5.74) is 3.36. The van der Waals surface area contributed by atoms with Crippen LogP contribution in [0.25, 0.3) is 0 Å². The van der Waals surface area contributed by atoms with Crippen molar-refractivity contribution in [1.29, 1.82) is 0 Å². The highest BCUT2D eigenvalue weighted by Crippen LogP contribution is 2.22. The van der Waals surface area contributed by atoms with Gasteiger partial charge in [-0.25, -0.2) is 0 Å². The van der Waals surface area contributed by atoms with Crippen LogP contribution < -0.4 is 0 Å². The molecule has 0 spiro atoms. The first-order valence-electron chi connectivity index (χ1n) is 16.4. The molecule has 0 saturated carbocycles. The molecule has 1 aromatic rings. The van der Waals surface area contributed by atoms with Gasteiger partial charge in [0.1, 0.15) is 0 Å². The molecule has 0 aliphatic heterocycles. The van der Waals surface area contributed by atoms with E-state index in [2.05, 4.69) is 24.6 Å². The lowest BCUT2D eigenvalue weighted by atomic mass is 9.99. The van der Waals surface area contributed by atoms with Crippen LogP contribution in [0.1, 0.15) is 192 Å². The van der Waals surface area contributed by atoms with Gasteiger partial charge in [-0.3, -0.25) is 0 Å². The Hall–Kier alpha value is -0.300. The Morgan fingerprint density at radius 2 is 0.571 bits per heavy atom. The highest BCUT2D eigenvalue weighted by molar-refractivity contribution is 7.08. The number of hydrogen-bond acceptors (Lipinski definition) is 1. The Balaban J connectivity index is 1.87. The van der Waals surface area contributed by atoms with Crippen molar-refractivity contribution >= 4 is 11.3 Å². The quantitative estimate of drug-likeness (QED) is 0.0995. The molecule has 1 aromatic heterocycles. The summed E-state index contributed by atoms with van der Waals surface area (Å²) in [5.74, 6) is 0. The fraction of sp³-hybridized carbons (Fsp3) is 0.882. The molecule has 1 rings (SSSR count). The van der Waals surface area contributed by atoms with Gasteiger partial charge < -0.3 is 0 Å². The zero-order valence-corrected chi connectivity index (χ0v) is 25.2. The summed E-state index contributed by atoms with van der Waals surface area (Å²) in [6.07, 6.45) is 40.4. The lowest BCUT2D eigenvalue weighted by Gasteiger charge is -2.06. The highest BCUT2D eigenvalue weighted by Gasteiger charge is 2.04. The van der Waals surface area contributed by atoms with E-state index in [1.54, 1.807) is 11.1 Å². The van der Waals surface area contributed by atoms with Gasteiger partial charge in [0.05, 0.1) is 0 Å². The second-order valence-corrected chi connectivity index (χ2v) is 12.2. The van der Waals surface area contributed by atoms with Gasteiger partial charge in [-0.1, -0.05) is 168 Å². The molecule has 35 heavy (non-hydrogen) atoms. The van der Waals surface area contributed by atoms with Gasteiger partial charge in [0.2, 0.25) is 0 Å². The Morgan fingerprint density at radius 3 is 0.829 bits per heavy atom. The maximum atomic E-state index is 2.44. The Morgan fingerprint density at radius 1 is 0.343 bits per heavy atom. The first-order valence-corrected chi connectivity index (χ1v) is 17.4. The SMILES string of the molecule is CCCCCCCCCCCCCCCc1cscc1CCCCCCCCCCCCCCC. The van der Waals surface area contributed by atoms with Gasteiger partial charge in [0.25, 0.3) is 0 Å². The van der Waals surface area contributed by atoms with Crippen LogP contribution in [-0.2, 0) is 12.8 Å². The van der Waals surface area contributed by atoms with Crippen molar-refractivity contribution in [3.05, 3.63) is 21.9 Å². The van der Waals surface area contributed by atoms with Crippen molar-refractivity contribution in [3.63, 3.8) is 0 Å². The molecule has 1 heterocycles. The molecular weight excluding hydrogens is 440 g/mol. The van der Waals surface area contributed by atoms with Crippen LogP contribution >= 0.6 is 11.3 Å². The summed E-state index contributed by atoms with van der Waals surface area (Å²) in [6, 6.07) is 0. The third-order valence-corrected chi connectivity index (χ3v) is 8.77. The number of unbranched alkanes of at least 4 members (excludes halogenated alkanes) is 24. The summed E-state index contributed by atoms with van der Waals surface area (Å²) in [4.78, 5) is 0. The predicted octanol–water partition coefficient (Wildman–Crippen LogP) is 13.0. The number of thiophene rings is 1. The van der Waals surface area contributed by atoms with Gasteiger partial charge in [0, 0.05) is 0 Å². The fourth-order valence-corrected chi connectivity index (χ4v) is 6.39. The second kappa shape index (κ2) is 26.8. The molecule has 0 saturated heterocycles. The molecule has 0 unspecified atom stereocenters. The zero-order chi connectivity index (χ0) is 25.1. The van der Waals surface area contributed by atoms with Crippen molar-refractivity contribution in [2.24, 2.45) is 0 Å². The van der Waals surface area contributed by atoms with Crippen LogP contribution in [0.2, 0.25) is 0 Å². The largest absolute Gasteiger partial charge is 0.152 e. The summed E-state index contributed by atoms with van der Waals surface area (Å²) in [5, 5.41) is 4.89. The summed E-state index contributed by atoms with van der Waals surface area (Å²) >= 11 is 1.94. The molecule has 0 aliphatic rings. The van der Waals surface area contributed by atoms with Crippen LogP contribution in [0.5, 0.6) is 0 Å². The minimum absolute atomic E-state index is 1.33. The standard InChI is InChI=1S/C34H64S/c1-3-5-7-9-11-13-15-17-19-21-23-25-27-29-33-31-35-32-34(33)30-28-26-24-22-20-18-16-14-12-10-8-6-4-2/h31-32H,3-30H2,1-2H3. The molecule has 0 bridgehead atoms. The molecule has 1 heteroatoms. The first kappa shape index (κ1) is 32.7. The number of hydrogen-bond donors (Lipinski definition) is 0. The van der Waals surface area contributed by atoms with Crippen LogP contribution in [0.15, 0.2) is 10.8 Å². The average Bonchev–Trinajstić information content (AvgIpc) is 3.32. The minimum Gasteiger partial charge on any atom is -0.152 e. The Bertz CT molecular complexity index is 472. The summed E-state index contributed by atoms with van der Waals surface area (Å²) < 4.78 is 0. The third kappa shape index (κ3) is 21.5. The summed E-state index contributed by atoms with van der Waals surface area (Å²) in [6.45, 7) is 4.61. The van der Waals surface area contributed by atoms with E-state index in [-0.39, 0.29) is 0 Å². The van der Waals surface area contributed by atoms with E-state index in [4.69, 9.17) is 0 Å². The molecule has 0 nitrogen and oxygen atoms in total. The maximum Gasteiger partial charge on any atom is -0.00584 e. The fourth-order valence-electron chi connectivity index (χ4n) is 5.46. The van der Waals surface area contributed by atoms with Crippen LogP contribution in [0, 0.1) is 0 Å². The highest BCUT2D eigenvalue weighted by atomic mass is 32.1. The molecule has 0 aliphatic carbocycles. The molecule has 0 radical (unpaired) electrons. The monoisotopic (exact) mass is 504 g/mol. The number of aryl methyl sites for hydroxylation is 2. The van der Waals surface area contributed by atoms with E-state index in [1.165, 1.54) is 180 Å². The van der Waals surface area contributed by atoms with Crippen molar-refractivity contribution in [3.8, 4) is 0 Å². The van der Waals surface area contributed by atoms with E-state index in [0.717, 1.165) is 0 Å². The lowest BCUT2D eigenvalue weighted by molar-refractivity contribution is 0.538. The second-order valence-electron chi connectivity index (χ2n) is 11.4. The van der Waals surface area contributed by atoms with Crippen molar-refractivity contribution in [2.75, 3.05) is 0 Å². The van der Waals surface area contributed by atoms with Crippen molar-refractivity contribution in [1.82, 2.24) is 0 Å². The van der Waals surface area contributed by atoms with Crippen molar-refractivity contribution < 1.29 is 0 Å². The lowest BCUT2D eigenvalue weighted by Crippen LogP contribution is -1.92. The maximum absolute atomic E-state index is 2.44. The molecule has 0 fully saturated rings. The third-order valence-electron chi connectivity index (χ3n) is 7.93. The topological polar surface area (TPSA) is 0 Å². The molecule has 0 aromatic carbocycles. The van der Waals surface area contributed by atoms with E-state index >= 15 is 0 Å². The molecule has 0 N–H and O–H groups in total. The van der Waals surface area contributed by atoms with Crippen LogP contribution in [-0.4, -0.2) is 0 Å². The zero-order valence-electron chi connectivity index (χ0n) is 24.4. The predicted molar refractivity (Wildman–Crippen MR) is 163 cm³/mol. The van der Waals surface area contributed by atoms with Gasteiger partial charge in [-0.2, -0.15) is 11.3 Å². The Kier molecular flexibility index (Phi) is 25.0. The van der Waals surface area contributed by atoms with Crippen LogP contribution in [0.4, 0.5) is 0 Å². The number of rotatable bonds is 28. The van der Waals surface area contributed by atoms with E-state index < -0.39 is 0 Å². The minimum atomic E-state index is 1.33. The molecular formula is C34H64S. The Labute approximate surface area is 226 Å². The molecule has 0 atom stereocenters. The van der Waals surface area contributed by atoms with E-state index in [9.17, 15) is 0 Å². The smallest absolute Gasteiger partial charge is 0.00584 e.